The van der Waals surface area contributed by atoms with Crippen LogP contribution in [-0.2, 0) is 9.53 Å². The van der Waals surface area contributed by atoms with Gasteiger partial charge in [-0.05, 0) is 43.9 Å². The Labute approximate surface area is 211 Å². The van der Waals surface area contributed by atoms with Crippen LogP contribution in [0.5, 0.6) is 0 Å². The van der Waals surface area contributed by atoms with Crippen LogP contribution in [0.4, 0.5) is 4.79 Å². The molecular formula is C27H45N5O3. The van der Waals surface area contributed by atoms with Gasteiger partial charge in [0.2, 0.25) is 5.91 Å². The molecule has 0 aromatic rings. The van der Waals surface area contributed by atoms with Gasteiger partial charge in [-0.2, -0.15) is 5.26 Å². The van der Waals surface area contributed by atoms with Crippen LogP contribution in [0, 0.1) is 23.2 Å². The van der Waals surface area contributed by atoms with Crippen LogP contribution >= 0.6 is 0 Å². The van der Waals surface area contributed by atoms with Crippen molar-refractivity contribution >= 4 is 11.9 Å². The Balaban J connectivity index is 1.38. The molecule has 35 heavy (non-hydrogen) atoms. The number of morpholine rings is 1. The Morgan fingerprint density at radius 1 is 1.00 bits per heavy atom. The molecule has 4 rings (SSSR count). The highest BCUT2D eigenvalue weighted by molar-refractivity contribution is 5.87. The molecule has 0 spiro atoms. The van der Waals surface area contributed by atoms with Gasteiger partial charge in [-0.15, -0.1) is 0 Å². The number of amides is 3. The maximum Gasteiger partial charge on any atom is 0.318 e. The first-order chi connectivity index (χ1) is 17.0. The molecule has 2 heterocycles. The lowest BCUT2D eigenvalue weighted by molar-refractivity contribution is -0.125. The van der Waals surface area contributed by atoms with Crippen molar-refractivity contribution in [1.29, 1.82) is 5.26 Å². The number of likely N-dealkylation sites (tertiary alicyclic amines) is 1. The van der Waals surface area contributed by atoms with E-state index in [9.17, 15) is 14.9 Å². The summed E-state index contributed by atoms with van der Waals surface area (Å²) in [6, 6.07) is 2.26. The fourth-order valence-corrected chi connectivity index (χ4v) is 6.66. The van der Waals surface area contributed by atoms with Crippen molar-refractivity contribution in [3.05, 3.63) is 0 Å². The van der Waals surface area contributed by atoms with E-state index in [0.29, 0.717) is 63.4 Å². The molecule has 8 heteroatoms. The van der Waals surface area contributed by atoms with E-state index in [2.05, 4.69) is 28.5 Å². The second-order valence-corrected chi connectivity index (χ2v) is 11.4. The summed E-state index contributed by atoms with van der Waals surface area (Å²) in [4.78, 5) is 30.8. The van der Waals surface area contributed by atoms with E-state index < -0.39 is 11.6 Å². The molecule has 4 fully saturated rings. The molecule has 8 nitrogen and oxygen atoms in total. The van der Waals surface area contributed by atoms with Crippen LogP contribution in [0.3, 0.4) is 0 Å². The molecule has 0 bridgehead atoms. The zero-order chi connectivity index (χ0) is 24.7. The van der Waals surface area contributed by atoms with Crippen LogP contribution in [0.25, 0.3) is 0 Å². The van der Waals surface area contributed by atoms with Crippen molar-refractivity contribution in [1.82, 2.24) is 20.4 Å². The highest BCUT2D eigenvalue weighted by Gasteiger charge is 2.41. The number of carbonyl (C=O) groups is 2. The van der Waals surface area contributed by atoms with Gasteiger partial charge in [0.05, 0.1) is 19.3 Å². The lowest BCUT2D eigenvalue weighted by atomic mass is 9.81. The summed E-state index contributed by atoms with van der Waals surface area (Å²) < 4.78 is 5.37. The fourth-order valence-electron chi connectivity index (χ4n) is 6.66. The largest absolute Gasteiger partial charge is 0.378 e. The quantitative estimate of drug-likeness (QED) is 0.598. The maximum atomic E-state index is 13.6. The third kappa shape index (κ3) is 6.89. The first-order valence-corrected chi connectivity index (χ1v) is 14.1. The summed E-state index contributed by atoms with van der Waals surface area (Å²) >= 11 is 0. The lowest BCUT2D eigenvalue weighted by Gasteiger charge is -2.45. The second kappa shape index (κ2) is 12.4. The Bertz CT molecular complexity index is 748. The average Bonchev–Trinajstić information content (AvgIpc) is 2.90. The maximum absolute atomic E-state index is 13.6. The van der Waals surface area contributed by atoms with Gasteiger partial charge in [-0.3, -0.25) is 9.69 Å². The highest BCUT2D eigenvalue weighted by atomic mass is 16.5. The van der Waals surface area contributed by atoms with E-state index in [-0.39, 0.29) is 11.9 Å². The molecular weight excluding hydrogens is 442 g/mol. The van der Waals surface area contributed by atoms with Crippen molar-refractivity contribution in [3.8, 4) is 6.07 Å². The van der Waals surface area contributed by atoms with Crippen LogP contribution in [0.1, 0.15) is 84.0 Å². The zero-order valence-corrected chi connectivity index (χ0v) is 21.6. The molecule has 0 radical (unpaired) electrons. The Morgan fingerprint density at radius 2 is 1.66 bits per heavy atom. The number of hydrogen-bond donors (Lipinski definition) is 2. The number of rotatable bonds is 6. The van der Waals surface area contributed by atoms with Crippen molar-refractivity contribution < 1.29 is 14.3 Å². The monoisotopic (exact) mass is 487 g/mol. The van der Waals surface area contributed by atoms with Gasteiger partial charge in [0, 0.05) is 32.2 Å². The van der Waals surface area contributed by atoms with Crippen molar-refractivity contribution in [2.75, 3.05) is 39.4 Å². The third-order valence-electron chi connectivity index (χ3n) is 8.97. The standard InChI is InChI=1S/C27H45N5O3/c1-21-7-5-6-10-24(21)31-13-11-27(20-28,12-14-31)30-25(33)23(19-22-8-3-2-4-9-22)29-26(34)32-15-17-35-18-16-32/h21-24H,2-19H2,1H3,(H,29,34)(H,30,33). The molecule has 196 valence electrons. The Kier molecular flexibility index (Phi) is 9.29. The van der Waals surface area contributed by atoms with Gasteiger partial charge >= 0.3 is 6.03 Å². The van der Waals surface area contributed by atoms with Gasteiger partial charge in [0.15, 0.2) is 0 Å². The molecule has 2 N–H and O–H groups in total. The van der Waals surface area contributed by atoms with Crippen LogP contribution in [-0.4, -0.2) is 78.8 Å². The Morgan fingerprint density at radius 3 is 2.31 bits per heavy atom. The number of urea groups is 1. The molecule has 2 saturated heterocycles. The topological polar surface area (TPSA) is 97.7 Å². The molecule has 0 aromatic heterocycles. The molecule has 0 aromatic carbocycles. The van der Waals surface area contributed by atoms with Crippen molar-refractivity contribution in [3.63, 3.8) is 0 Å². The minimum atomic E-state index is -0.847. The van der Waals surface area contributed by atoms with Crippen LogP contribution in [0.2, 0.25) is 0 Å². The molecule has 4 aliphatic rings. The predicted octanol–water partition coefficient (Wildman–Crippen LogP) is 3.42. The first-order valence-electron chi connectivity index (χ1n) is 14.1. The number of nitriles is 1. The van der Waals surface area contributed by atoms with Gasteiger partial charge in [-0.1, -0.05) is 51.9 Å². The number of piperidine rings is 1. The normalized spacial score (nSPS) is 29.1. The summed E-state index contributed by atoms with van der Waals surface area (Å²) in [6.45, 7) is 6.18. The van der Waals surface area contributed by atoms with Gasteiger partial charge in [0.1, 0.15) is 11.6 Å². The number of nitrogens with one attached hydrogen (secondary N) is 2. The summed E-state index contributed by atoms with van der Waals surface area (Å²) in [7, 11) is 0. The van der Waals surface area contributed by atoms with Crippen LogP contribution in [0.15, 0.2) is 0 Å². The predicted molar refractivity (Wildman–Crippen MR) is 135 cm³/mol. The van der Waals surface area contributed by atoms with E-state index >= 15 is 0 Å². The SMILES string of the molecule is CC1CCCCC1N1CCC(C#N)(NC(=O)C(CC2CCCCC2)NC(=O)N2CCOCC2)CC1. The molecule has 3 atom stereocenters. The summed E-state index contributed by atoms with van der Waals surface area (Å²) in [6.07, 6.45) is 12.9. The zero-order valence-electron chi connectivity index (χ0n) is 21.6. The fraction of sp³-hybridized carbons (Fsp3) is 0.889. The molecule has 2 saturated carbocycles. The minimum Gasteiger partial charge on any atom is -0.378 e. The smallest absolute Gasteiger partial charge is 0.318 e. The van der Waals surface area contributed by atoms with Gasteiger partial charge < -0.3 is 20.3 Å². The number of carbonyl (C=O) groups excluding carboxylic acids is 2. The molecule has 3 amide bonds. The van der Waals surface area contributed by atoms with Crippen molar-refractivity contribution in [2.45, 2.75) is 102 Å². The van der Waals surface area contributed by atoms with Crippen molar-refractivity contribution in [2.24, 2.45) is 11.8 Å². The first kappa shape index (κ1) is 26.2. The van der Waals surface area contributed by atoms with E-state index in [1.165, 1.54) is 44.9 Å². The highest BCUT2D eigenvalue weighted by Crippen LogP contribution is 2.33. The van der Waals surface area contributed by atoms with E-state index in [1.54, 1.807) is 4.90 Å². The molecule has 2 aliphatic carbocycles. The second-order valence-electron chi connectivity index (χ2n) is 11.4. The lowest BCUT2D eigenvalue weighted by Crippen LogP contribution is -2.61. The molecule has 3 unspecified atom stereocenters. The van der Waals surface area contributed by atoms with Gasteiger partial charge in [-0.25, -0.2) is 4.79 Å². The number of ether oxygens (including phenoxy) is 1. The van der Waals surface area contributed by atoms with E-state index in [1.807, 2.05) is 0 Å². The van der Waals surface area contributed by atoms with Crippen LogP contribution < -0.4 is 10.6 Å². The minimum absolute atomic E-state index is 0.196. The average molecular weight is 488 g/mol. The van der Waals surface area contributed by atoms with E-state index in [0.717, 1.165) is 25.9 Å². The molecule has 2 aliphatic heterocycles. The van der Waals surface area contributed by atoms with E-state index in [4.69, 9.17) is 4.74 Å². The summed E-state index contributed by atoms with van der Waals surface area (Å²) in [5, 5.41) is 16.3. The third-order valence-corrected chi connectivity index (χ3v) is 8.97. The summed E-state index contributed by atoms with van der Waals surface area (Å²) in [5.74, 6) is 0.943. The number of nitrogens with zero attached hydrogens (tertiary/aromatic N) is 3. The Hall–Kier alpha value is -1.85. The summed E-state index contributed by atoms with van der Waals surface area (Å²) in [5.41, 5.74) is -0.847. The van der Waals surface area contributed by atoms with Gasteiger partial charge in [0.25, 0.3) is 0 Å². The number of hydrogen-bond acceptors (Lipinski definition) is 5.